The average molecular weight is 558 g/mol. The molecule has 0 radical (unpaired) electrons. The van der Waals surface area contributed by atoms with Crippen molar-refractivity contribution in [1.29, 1.82) is 0 Å². The number of aliphatic hydroxyl groups is 1. The van der Waals surface area contributed by atoms with Crippen molar-refractivity contribution in [3.8, 4) is 0 Å². The summed E-state index contributed by atoms with van der Waals surface area (Å²) in [5.74, 6) is 1.18. The van der Waals surface area contributed by atoms with Crippen LogP contribution in [-0.4, -0.2) is 32.3 Å². The standard InChI is InChI=1S/C38H40N2O2/c1-3-27-15-17-29-23-31(39(35(27)29)21-19-25-11-7-5-8-12-25)33-37(41)34(38(33)42)32-24-30-18-16-28(4-2)36(30)40(32)22-20-26-13-9-6-10-14-26/h5-14,23-24,27-28H,3-4,15-22H2,1-2H3/p+1. The van der Waals surface area contributed by atoms with Gasteiger partial charge in [-0.05, 0) is 73.6 Å². The number of benzene rings is 2. The molecule has 42 heavy (non-hydrogen) atoms. The lowest BCUT2D eigenvalue weighted by Crippen LogP contribution is -2.29. The third kappa shape index (κ3) is 4.43. The highest BCUT2D eigenvalue weighted by atomic mass is 16.3. The van der Waals surface area contributed by atoms with Crippen LogP contribution in [0.4, 0.5) is 0 Å². The number of nitrogens with zero attached hydrogens (tertiary/aromatic N) is 2. The van der Waals surface area contributed by atoms with Crippen molar-refractivity contribution in [2.75, 3.05) is 6.54 Å². The lowest BCUT2D eigenvalue weighted by Gasteiger charge is -2.25. The molecule has 0 spiro atoms. The van der Waals surface area contributed by atoms with E-state index in [0.717, 1.165) is 63.0 Å². The summed E-state index contributed by atoms with van der Waals surface area (Å²) >= 11 is 0. The number of carbonyl (C=O) groups excluding carboxylic acids is 1. The zero-order chi connectivity index (χ0) is 28.8. The fraction of sp³-hybridized carbons (Fsp3) is 0.368. The van der Waals surface area contributed by atoms with Crippen LogP contribution in [0.2, 0.25) is 0 Å². The van der Waals surface area contributed by atoms with E-state index in [2.05, 4.69) is 95.8 Å². The molecule has 2 unspecified atom stereocenters. The predicted octanol–water partition coefficient (Wildman–Crippen LogP) is 7.73. The summed E-state index contributed by atoms with van der Waals surface area (Å²) in [6, 6.07) is 23.3. The first-order chi connectivity index (χ1) is 20.6. The first kappa shape index (κ1) is 26.9. The molecule has 1 N–H and O–H groups in total. The molecule has 1 fully saturated rings. The fourth-order valence-corrected chi connectivity index (χ4v) is 7.88. The van der Waals surface area contributed by atoms with Crippen molar-refractivity contribution in [3.05, 3.63) is 123 Å². The van der Waals surface area contributed by atoms with Gasteiger partial charge in [0, 0.05) is 36.2 Å². The van der Waals surface area contributed by atoms with E-state index in [1.807, 2.05) is 0 Å². The minimum Gasteiger partial charge on any atom is -0.506 e. The second-order valence-electron chi connectivity index (χ2n) is 12.4. The normalized spacial score (nSPS) is 23.0. The number of aryl methyl sites for hydroxylation is 2. The molecule has 4 heteroatoms. The summed E-state index contributed by atoms with van der Waals surface area (Å²) in [6.07, 6.45) is 10.6. The third-order valence-electron chi connectivity index (χ3n) is 10.1. The van der Waals surface area contributed by atoms with Gasteiger partial charge in [0.15, 0.2) is 12.3 Å². The van der Waals surface area contributed by atoms with Gasteiger partial charge in [-0.25, -0.2) is 0 Å². The largest absolute Gasteiger partial charge is 0.506 e. The maximum atomic E-state index is 14.1. The average Bonchev–Trinajstić information content (AvgIpc) is 3.77. The van der Waals surface area contributed by atoms with Crippen LogP contribution in [0.5, 0.6) is 0 Å². The number of Topliss-reactive ketones (excluding diaryl/α,β-unsaturated/α-hetero) is 1. The number of aromatic nitrogens is 1. The van der Waals surface area contributed by atoms with Crippen LogP contribution in [0.3, 0.4) is 0 Å². The van der Waals surface area contributed by atoms with Gasteiger partial charge in [-0.1, -0.05) is 74.5 Å². The van der Waals surface area contributed by atoms with Gasteiger partial charge in [-0.15, -0.1) is 0 Å². The molecule has 4 nitrogen and oxygen atoms in total. The zero-order valence-corrected chi connectivity index (χ0v) is 24.9. The van der Waals surface area contributed by atoms with Crippen LogP contribution in [-0.2, 0) is 30.6 Å². The second kappa shape index (κ2) is 11.1. The fourth-order valence-electron chi connectivity index (χ4n) is 7.88. The molecule has 2 atom stereocenters. The SMILES string of the molecule is CCC1CCC2=C/C(=C3/C(=O)C(c4cc5c(n4CCc4ccccc4)C(CC)CC5)=C3O)[N+](CCc3ccccc3)=C21. The molecule has 1 aliphatic heterocycles. The second-order valence-corrected chi connectivity index (χ2v) is 12.4. The molecular weight excluding hydrogens is 516 g/mol. The van der Waals surface area contributed by atoms with E-state index in [1.54, 1.807) is 0 Å². The van der Waals surface area contributed by atoms with E-state index < -0.39 is 0 Å². The Hall–Kier alpha value is -3.92. The highest BCUT2D eigenvalue weighted by molar-refractivity contribution is 6.39. The Bertz CT molecular complexity index is 1670. The minimum absolute atomic E-state index is 0.0112. The number of aliphatic hydroxyl groups excluding tert-OH is 1. The topological polar surface area (TPSA) is 45.2 Å². The Morgan fingerprint density at radius 3 is 2.19 bits per heavy atom. The molecule has 3 aliphatic carbocycles. The lowest BCUT2D eigenvalue weighted by atomic mass is 9.84. The molecule has 214 valence electrons. The summed E-state index contributed by atoms with van der Waals surface area (Å²) in [6.45, 7) is 6.14. The smallest absolute Gasteiger partial charge is 0.221 e. The Morgan fingerprint density at radius 2 is 1.52 bits per heavy atom. The first-order valence-corrected chi connectivity index (χ1v) is 16.0. The summed E-state index contributed by atoms with van der Waals surface area (Å²) in [7, 11) is 0. The van der Waals surface area contributed by atoms with Crippen molar-refractivity contribution < 1.29 is 14.5 Å². The van der Waals surface area contributed by atoms with Crippen molar-refractivity contribution in [2.45, 2.75) is 77.7 Å². The predicted molar refractivity (Wildman–Crippen MR) is 169 cm³/mol. The van der Waals surface area contributed by atoms with E-state index in [-0.39, 0.29) is 11.5 Å². The molecule has 0 amide bonds. The summed E-state index contributed by atoms with van der Waals surface area (Å²) < 4.78 is 4.73. The number of hydrogen-bond acceptors (Lipinski definition) is 2. The molecule has 4 aliphatic rings. The van der Waals surface area contributed by atoms with Gasteiger partial charge in [-0.2, -0.15) is 4.58 Å². The Balaban J connectivity index is 1.28. The molecule has 1 aromatic heterocycles. The molecule has 2 heterocycles. The van der Waals surface area contributed by atoms with Gasteiger partial charge in [-0.3, -0.25) is 4.79 Å². The van der Waals surface area contributed by atoms with Crippen LogP contribution in [0.25, 0.3) is 5.57 Å². The summed E-state index contributed by atoms with van der Waals surface area (Å²) in [5.41, 5.74) is 10.9. The molecule has 0 saturated heterocycles. The zero-order valence-electron chi connectivity index (χ0n) is 24.9. The van der Waals surface area contributed by atoms with Crippen LogP contribution < -0.4 is 0 Å². The molecule has 0 bridgehead atoms. The van der Waals surface area contributed by atoms with Crippen molar-refractivity contribution in [3.63, 3.8) is 0 Å². The van der Waals surface area contributed by atoms with Gasteiger partial charge in [0.05, 0.1) is 11.3 Å². The van der Waals surface area contributed by atoms with Crippen molar-refractivity contribution in [2.24, 2.45) is 5.92 Å². The number of rotatable bonds is 9. The Morgan fingerprint density at radius 1 is 0.857 bits per heavy atom. The van der Waals surface area contributed by atoms with Gasteiger partial charge in [0.2, 0.25) is 11.5 Å². The Kier molecular flexibility index (Phi) is 7.09. The molecular formula is C38H41N2O2+. The van der Waals surface area contributed by atoms with Crippen LogP contribution in [0.1, 0.15) is 79.9 Å². The van der Waals surface area contributed by atoms with Crippen LogP contribution in [0.15, 0.2) is 95.4 Å². The monoisotopic (exact) mass is 557 g/mol. The van der Waals surface area contributed by atoms with Crippen molar-refractivity contribution in [1.82, 2.24) is 4.57 Å². The number of hydrogen-bond donors (Lipinski definition) is 1. The van der Waals surface area contributed by atoms with E-state index in [4.69, 9.17) is 0 Å². The lowest BCUT2D eigenvalue weighted by molar-refractivity contribution is -0.470. The van der Waals surface area contributed by atoms with E-state index in [9.17, 15) is 9.90 Å². The van der Waals surface area contributed by atoms with Gasteiger partial charge >= 0.3 is 0 Å². The summed E-state index contributed by atoms with van der Waals surface area (Å²) in [5, 5.41) is 11.7. The molecule has 7 rings (SSSR count). The van der Waals surface area contributed by atoms with Gasteiger partial charge in [0.1, 0.15) is 11.3 Å². The maximum Gasteiger partial charge on any atom is 0.221 e. The van der Waals surface area contributed by atoms with Crippen LogP contribution >= 0.6 is 0 Å². The maximum absolute atomic E-state index is 14.1. The van der Waals surface area contributed by atoms with Crippen LogP contribution in [0, 0.1) is 5.92 Å². The van der Waals surface area contributed by atoms with E-state index in [0.29, 0.717) is 23.0 Å². The number of ketones is 1. The van der Waals surface area contributed by atoms with E-state index >= 15 is 0 Å². The highest BCUT2D eigenvalue weighted by Gasteiger charge is 2.47. The van der Waals surface area contributed by atoms with Gasteiger partial charge < -0.3 is 9.67 Å². The summed E-state index contributed by atoms with van der Waals surface area (Å²) in [4.78, 5) is 14.1. The minimum atomic E-state index is -0.0112. The molecule has 3 aromatic rings. The van der Waals surface area contributed by atoms with E-state index in [1.165, 1.54) is 46.5 Å². The molecule has 1 saturated carbocycles. The molecule has 2 aromatic carbocycles. The van der Waals surface area contributed by atoms with Crippen molar-refractivity contribution >= 4 is 17.1 Å². The highest BCUT2D eigenvalue weighted by Crippen LogP contribution is 2.46. The number of carbonyl (C=O) groups is 1. The quantitative estimate of drug-likeness (QED) is 0.216. The first-order valence-electron chi connectivity index (χ1n) is 16.0. The number of allylic oxidation sites excluding steroid dienone is 4. The van der Waals surface area contributed by atoms with Gasteiger partial charge in [0.25, 0.3) is 0 Å². The third-order valence-corrected chi connectivity index (χ3v) is 10.1. The Labute approximate surface area is 249 Å². The number of fused-ring (bicyclic) bond motifs is 2.